The van der Waals surface area contributed by atoms with Crippen LogP contribution in [0.2, 0.25) is 0 Å². The second-order valence-corrected chi connectivity index (χ2v) is 4.90. The normalized spacial score (nSPS) is 16.1. The van der Waals surface area contributed by atoms with E-state index in [9.17, 15) is 9.18 Å². The van der Waals surface area contributed by atoms with Crippen LogP contribution in [0.3, 0.4) is 0 Å². The van der Waals surface area contributed by atoms with E-state index in [-0.39, 0.29) is 5.56 Å². The summed E-state index contributed by atoms with van der Waals surface area (Å²) >= 11 is 5.35. The Morgan fingerprint density at radius 2 is 2.16 bits per heavy atom. The Morgan fingerprint density at radius 1 is 1.47 bits per heavy atom. The molecule has 0 unspecified atom stereocenters. The fraction of sp³-hybridized carbons (Fsp3) is 0.286. The van der Waals surface area contributed by atoms with E-state index in [1.54, 1.807) is 13.1 Å². The van der Waals surface area contributed by atoms with E-state index in [0.29, 0.717) is 22.7 Å². The Hall–Kier alpha value is -1.68. The molecule has 19 heavy (non-hydrogen) atoms. The van der Waals surface area contributed by atoms with Crippen molar-refractivity contribution in [3.05, 3.63) is 40.8 Å². The van der Waals surface area contributed by atoms with Gasteiger partial charge in [0.05, 0.1) is 11.6 Å². The van der Waals surface area contributed by atoms with Crippen LogP contribution in [0.5, 0.6) is 0 Å². The van der Waals surface area contributed by atoms with Crippen LogP contribution in [0.1, 0.15) is 34.3 Å². The molecule has 0 radical (unpaired) electrons. The molecule has 5 heteroatoms. The van der Waals surface area contributed by atoms with Crippen LogP contribution in [0.15, 0.2) is 23.3 Å². The summed E-state index contributed by atoms with van der Waals surface area (Å²) in [5, 5.41) is -0.825. The molecule has 0 atom stereocenters. The molecule has 0 saturated heterocycles. The van der Waals surface area contributed by atoms with Crippen molar-refractivity contribution in [3.63, 3.8) is 0 Å². The van der Waals surface area contributed by atoms with Gasteiger partial charge in [-0.3, -0.25) is 9.79 Å². The molecule has 1 aliphatic carbocycles. The van der Waals surface area contributed by atoms with Crippen molar-refractivity contribution < 1.29 is 9.18 Å². The summed E-state index contributed by atoms with van der Waals surface area (Å²) in [5.74, 6) is -0.628. The number of carbonyl (C=O) groups is 1. The van der Waals surface area contributed by atoms with Gasteiger partial charge in [0, 0.05) is 18.0 Å². The highest BCUT2D eigenvalue weighted by molar-refractivity contribution is 6.67. The maximum atomic E-state index is 13.6. The Morgan fingerprint density at radius 3 is 2.68 bits per heavy atom. The maximum absolute atomic E-state index is 13.6. The average Bonchev–Trinajstić information content (AvgIpc) is 3.15. The largest absolute Gasteiger partial charge is 0.404 e. The van der Waals surface area contributed by atoms with Gasteiger partial charge in [0.1, 0.15) is 5.82 Å². The number of benzene rings is 1. The van der Waals surface area contributed by atoms with Gasteiger partial charge in [-0.05, 0) is 54.6 Å². The summed E-state index contributed by atoms with van der Waals surface area (Å²) < 4.78 is 13.6. The van der Waals surface area contributed by atoms with Crippen molar-refractivity contribution in [3.8, 4) is 0 Å². The lowest BCUT2D eigenvalue weighted by molar-refractivity contribution is 0.107. The monoisotopic (exact) mass is 280 g/mol. The molecule has 0 aliphatic heterocycles. The number of nitrogens with zero attached hydrogens (tertiary/aromatic N) is 1. The highest BCUT2D eigenvalue weighted by Crippen LogP contribution is 2.26. The van der Waals surface area contributed by atoms with Crippen LogP contribution in [-0.2, 0) is 0 Å². The van der Waals surface area contributed by atoms with Crippen LogP contribution in [-0.4, -0.2) is 17.5 Å². The fourth-order valence-corrected chi connectivity index (χ4v) is 1.89. The lowest BCUT2D eigenvalue weighted by Gasteiger charge is -2.08. The molecule has 2 N–H and O–H groups in total. The second kappa shape index (κ2) is 5.53. The first-order valence-electron chi connectivity index (χ1n) is 5.98. The lowest BCUT2D eigenvalue weighted by Crippen LogP contribution is -2.01. The average molecular weight is 281 g/mol. The molecule has 2 rings (SSSR count). The van der Waals surface area contributed by atoms with E-state index in [1.165, 1.54) is 18.3 Å². The molecular formula is C14H14ClFN2O. The van der Waals surface area contributed by atoms with Crippen LogP contribution in [0, 0.1) is 12.7 Å². The van der Waals surface area contributed by atoms with Crippen molar-refractivity contribution in [2.45, 2.75) is 25.8 Å². The van der Waals surface area contributed by atoms with E-state index in [0.717, 1.165) is 12.8 Å². The van der Waals surface area contributed by atoms with Gasteiger partial charge in [0.25, 0.3) is 5.24 Å². The summed E-state index contributed by atoms with van der Waals surface area (Å²) in [6, 6.07) is 3.06. The van der Waals surface area contributed by atoms with Gasteiger partial charge in [0.2, 0.25) is 0 Å². The van der Waals surface area contributed by atoms with Gasteiger partial charge >= 0.3 is 0 Å². The predicted octanol–water partition coefficient (Wildman–Crippen LogP) is 3.05. The quantitative estimate of drug-likeness (QED) is 0.681. The highest BCUT2D eigenvalue weighted by atomic mass is 35.5. The van der Waals surface area contributed by atoms with Gasteiger partial charge in [0.15, 0.2) is 0 Å². The van der Waals surface area contributed by atoms with Gasteiger partial charge in [-0.1, -0.05) is 0 Å². The number of rotatable bonds is 4. The molecule has 1 aromatic carbocycles. The minimum Gasteiger partial charge on any atom is -0.404 e. The number of allylic oxidation sites excluding steroid dienone is 1. The Kier molecular flexibility index (Phi) is 4.00. The third kappa shape index (κ3) is 3.20. The zero-order valence-corrected chi connectivity index (χ0v) is 11.2. The Bertz CT molecular complexity index is 577. The highest BCUT2D eigenvalue weighted by Gasteiger charge is 2.19. The van der Waals surface area contributed by atoms with Crippen molar-refractivity contribution in [1.29, 1.82) is 0 Å². The van der Waals surface area contributed by atoms with Gasteiger partial charge in [-0.15, -0.1) is 0 Å². The van der Waals surface area contributed by atoms with Crippen molar-refractivity contribution >= 4 is 28.6 Å². The number of hydrogen-bond donors (Lipinski definition) is 1. The molecule has 3 nitrogen and oxygen atoms in total. The number of hydrogen-bond acceptors (Lipinski definition) is 3. The van der Waals surface area contributed by atoms with Gasteiger partial charge in [-0.25, -0.2) is 4.39 Å². The van der Waals surface area contributed by atoms with E-state index >= 15 is 0 Å². The third-order valence-corrected chi connectivity index (χ3v) is 3.19. The number of halogens is 2. The molecule has 0 heterocycles. The maximum Gasteiger partial charge on any atom is 0.255 e. The molecule has 0 aromatic heterocycles. The number of aryl methyl sites for hydroxylation is 1. The minimum atomic E-state index is -0.825. The van der Waals surface area contributed by atoms with Crippen LogP contribution >= 0.6 is 11.6 Å². The predicted molar refractivity (Wildman–Crippen MR) is 75.0 cm³/mol. The SMILES string of the molecule is Cc1cc(F)c(C(=O)Cl)cc1/C(C=NC1CC1)=C/N. The summed E-state index contributed by atoms with van der Waals surface area (Å²) in [6.45, 7) is 1.75. The van der Waals surface area contributed by atoms with Crippen LogP contribution in [0.4, 0.5) is 4.39 Å². The zero-order valence-electron chi connectivity index (χ0n) is 10.5. The number of nitrogens with two attached hydrogens (primary N) is 1. The number of carbonyl (C=O) groups excluding carboxylic acids is 1. The van der Waals surface area contributed by atoms with E-state index in [4.69, 9.17) is 17.3 Å². The Balaban J connectivity index is 2.41. The molecule has 100 valence electrons. The molecule has 0 bridgehead atoms. The second-order valence-electron chi connectivity index (χ2n) is 4.55. The minimum absolute atomic E-state index is 0.151. The standard InChI is InChI=1S/C14H14ClFN2O/c1-8-4-13(16)12(14(15)19)5-11(8)9(6-17)7-18-10-2-3-10/h4-7,10H,2-3,17H2,1H3/b9-6+,18-7?. The summed E-state index contributed by atoms with van der Waals surface area (Å²) in [7, 11) is 0. The first-order valence-corrected chi connectivity index (χ1v) is 6.36. The fourth-order valence-electron chi connectivity index (χ4n) is 1.75. The first-order chi connectivity index (χ1) is 9.02. The molecule has 0 spiro atoms. The summed E-state index contributed by atoms with van der Waals surface area (Å²) in [4.78, 5) is 15.5. The molecule has 1 aliphatic rings. The summed E-state index contributed by atoms with van der Waals surface area (Å²) in [5.41, 5.74) is 7.43. The zero-order chi connectivity index (χ0) is 14.0. The van der Waals surface area contributed by atoms with E-state index in [1.807, 2.05) is 0 Å². The van der Waals surface area contributed by atoms with E-state index < -0.39 is 11.1 Å². The number of aliphatic imine (C=N–C) groups is 1. The molecule has 1 fully saturated rings. The smallest absolute Gasteiger partial charge is 0.255 e. The van der Waals surface area contributed by atoms with Crippen LogP contribution < -0.4 is 5.73 Å². The summed E-state index contributed by atoms with van der Waals surface area (Å²) in [6.07, 6.45) is 5.24. The third-order valence-electron chi connectivity index (χ3n) is 2.99. The lowest BCUT2D eigenvalue weighted by atomic mass is 9.99. The van der Waals surface area contributed by atoms with Crippen molar-refractivity contribution in [2.24, 2.45) is 10.7 Å². The van der Waals surface area contributed by atoms with Gasteiger partial charge < -0.3 is 5.73 Å². The molecular weight excluding hydrogens is 267 g/mol. The van der Waals surface area contributed by atoms with Crippen molar-refractivity contribution in [2.75, 3.05) is 0 Å². The van der Waals surface area contributed by atoms with E-state index in [2.05, 4.69) is 4.99 Å². The van der Waals surface area contributed by atoms with Crippen molar-refractivity contribution in [1.82, 2.24) is 0 Å². The topological polar surface area (TPSA) is 55.5 Å². The first kappa shape index (κ1) is 13.7. The molecule has 1 saturated carbocycles. The van der Waals surface area contributed by atoms with Crippen LogP contribution in [0.25, 0.3) is 5.57 Å². The Labute approximate surface area is 116 Å². The molecule has 1 aromatic rings. The van der Waals surface area contributed by atoms with Gasteiger partial charge in [-0.2, -0.15) is 0 Å². The molecule has 0 amide bonds.